The molecule has 1 aliphatic heterocycles. The first-order valence-corrected chi connectivity index (χ1v) is 6.21. The molecular weight excluding hydrogens is 228 g/mol. The van der Waals surface area contributed by atoms with Crippen molar-refractivity contribution in [3.63, 3.8) is 0 Å². The van der Waals surface area contributed by atoms with Crippen molar-refractivity contribution < 1.29 is 4.79 Å². The Morgan fingerprint density at radius 2 is 2.33 bits per heavy atom. The maximum absolute atomic E-state index is 12.3. The van der Waals surface area contributed by atoms with E-state index in [-0.39, 0.29) is 5.91 Å². The van der Waals surface area contributed by atoms with Crippen molar-refractivity contribution in [2.45, 2.75) is 12.5 Å². The molecule has 1 saturated heterocycles. The summed E-state index contributed by atoms with van der Waals surface area (Å²) in [5.41, 5.74) is 1.43. The van der Waals surface area contributed by atoms with Crippen LogP contribution in [0.1, 0.15) is 16.9 Å². The number of nitrogens with zero attached hydrogens (tertiary/aromatic N) is 3. The number of rotatable bonds is 3. The first-order chi connectivity index (χ1) is 8.61. The summed E-state index contributed by atoms with van der Waals surface area (Å²) >= 11 is 0. The monoisotopic (exact) mass is 248 g/mol. The number of carbonyl (C=O) groups excluding carboxylic acids is 1. The smallest absolute Gasteiger partial charge is 0.272 e. The average molecular weight is 248 g/mol. The molecule has 1 N–H and O–H groups in total. The second-order valence-corrected chi connectivity index (χ2v) is 4.84. The lowest BCUT2D eigenvalue weighted by Gasteiger charge is -2.20. The number of carbonyl (C=O) groups is 1. The van der Waals surface area contributed by atoms with Gasteiger partial charge < -0.3 is 15.1 Å². The summed E-state index contributed by atoms with van der Waals surface area (Å²) in [5, 5.41) is 3.02. The number of pyridine rings is 1. The Morgan fingerprint density at radius 1 is 1.56 bits per heavy atom. The molecule has 0 aromatic carbocycles. The van der Waals surface area contributed by atoms with Crippen LogP contribution in [0.15, 0.2) is 18.3 Å². The molecule has 98 valence electrons. The first kappa shape index (κ1) is 12.8. The standard InChI is InChI=1S/C13H20N4O/c1-14-10-4-6-15-12(8-10)13(18)17-7-5-11(9-17)16(2)3/h4,6,8,11H,5,7,9H2,1-3H3,(H,14,15). The molecule has 1 aromatic heterocycles. The Kier molecular flexibility index (Phi) is 3.81. The van der Waals surface area contributed by atoms with Crippen molar-refractivity contribution in [1.29, 1.82) is 0 Å². The number of likely N-dealkylation sites (tertiary alicyclic amines) is 1. The molecule has 2 heterocycles. The highest BCUT2D eigenvalue weighted by atomic mass is 16.2. The van der Waals surface area contributed by atoms with E-state index in [4.69, 9.17) is 0 Å². The number of anilines is 1. The van der Waals surface area contributed by atoms with Gasteiger partial charge in [0.1, 0.15) is 5.69 Å². The van der Waals surface area contributed by atoms with E-state index in [1.807, 2.05) is 18.0 Å². The van der Waals surface area contributed by atoms with Crippen molar-refractivity contribution >= 4 is 11.6 Å². The van der Waals surface area contributed by atoms with Gasteiger partial charge in [-0.3, -0.25) is 9.78 Å². The SMILES string of the molecule is CNc1ccnc(C(=O)N2CCC(N(C)C)C2)c1. The van der Waals surface area contributed by atoms with E-state index in [9.17, 15) is 4.79 Å². The summed E-state index contributed by atoms with van der Waals surface area (Å²) < 4.78 is 0. The van der Waals surface area contributed by atoms with Gasteiger partial charge >= 0.3 is 0 Å². The zero-order valence-electron chi connectivity index (χ0n) is 11.2. The number of amides is 1. The fourth-order valence-corrected chi connectivity index (χ4v) is 2.21. The predicted molar refractivity (Wildman–Crippen MR) is 71.8 cm³/mol. The Bertz CT molecular complexity index is 433. The number of likely N-dealkylation sites (N-methyl/N-ethyl adjacent to an activating group) is 1. The predicted octanol–water partition coefficient (Wildman–Crippen LogP) is 0.899. The van der Waals surface area contributed by atoms with Crippen LogP contribution in [-0.4, -0.2) is 61.0 Å². The minimum absolute atomic E-state index is 0.0245. The normalized spacial score (nSPS) is 19.3. The van der Waals surface area contributed by atoms with E-state index < -0.39 is 0 Å². The molecule has 0 spiro atoms. The maximum atomic E-state index is 12.3. The van der Waals surface area contributed by atoms with Gasteiger partial charge in [0.2, 0.25) is 0 Å². The summed E-state index contributed by atoms with van der Waals surface area (Å²) in [5.74, 6) is 0.0245. The molecule has 1 unspecified atom stereocenters. The Morgan fingerprint density at radius 3 is 2.94 bits per heavy atom. The average Bonchev–Trinajstić information content (AvgIpc) is 2.87. The maximum Gasteiger partial charge on any atom is 0.272 e. The summed E-state index contributed by atoms with van der Waals surface area (Å²) in [7, 11) is 5.94. The molecule has 1 amide bonds. The highest BCUT2D eigenvalue weighted by Crippen LogP contribution is 2.16. The number of nitrogens with one attached hydrogen (secondary N) is 1. The highest BCUT2D eigenvalue weighted by Gasteiger charge is 2.28. The van der Waals surface area contributed by atoms with Crippen LogP contribution in [0.5, 0.6) is 0 Å². The fourth-order valence-electron chi connectivity index (χ4n) is 2.21. The third kappa shape index (κ3) is 2.61. The molecule has 0 bridgehead atoms. The van der Waals surface area contributed by atoms with Crippen LogP contribution in [0, 0.1) is 0 Å². The Hall–Kier alpha value is -1.62. The lowest BCUT2D eigenvalue weighted by molar-refractivity contribution is 0.0777. The third-order valence-electron chi connectivity index (χ3n) is 3.45. The molecule has 5 nitrogen and oxygen atoms in total. The molecule has 1 aromatic rings. The van der Waals surface area contributed by atoms with Gasteiger partial charge in [0.25, 0.3) is 5.91 Å². The summed E-state index contributed by atoms with van der Waals surface area (Å²) in [6.07, 6.45) is 2.70. The van der Waals surface area contributed by atoms with Gasteiger partial charge in [0.15, 0.2) is 0 Å². The molecule has 2 rings (SSSR count). The van der Waals surface area contributed by atoms with Crippen LogP contribution < -0.4 is 5.32 Å². The van der Waals surface area contributed by atoms with E-state index in [1.54, 1.807) is 12.3 Å². The van der Waals surface area contributed by atoms with Crippen LogP contribution in [-0.2, 0) is 0 Å². The van der Waals surface area contributed by atoms with E-state index in [0.29, 0.717) is 11.7 Å². The van der Waals surface area contributed by atoms with Crippen molar-refractivity contribution in [1.82, 2.24) is 14.8 Å². The van der Waals surface area contributed by atoms with Crippen LogP contribution in [0.3, 0.4) is 0 Å². The molecule has 1 aliphatic rings. The van der Waals surface area contributed by atoms with Crippen molar-refractivity contribution in [2.75, 3.05) is 39.5 Å². The minimum atomic E-state index is 0.0245. The van der Waals surface area contributed by atoms with Crippen LogP contribution >= 0.6 is 0 Å². The van der Waals surface area contributed by atoms with Crippen molar-refractivity contribution in [3.05, 3.63) is 24.0 Å². The second kappa shape index (κ2) is 5.35. The number of hydrogen-bond donors (Lipinski definition) is 1. The lowest BCUT2D eigenvalue weighted by Crippen LogP contribution is -2.34. The van der Waals surface area contributed by atoms with E-state index in [0.717, 1.165) is 25.2 Å². The molecular formula is C13H20N4O. The second-order valence-electron chi connectivity index (χ2n) is 4.84. The van der Waals surface area contributed by atoms with Gasteiger partial charge in [-0.25, -0.2) is 0 Å². The fraction of sp³-hybridized carbons (Fsp3) is 0.538. The van der Waals surface area contributed by atoms with Crippen molar-refractivity contribution in [2.24, 2.45) is 0 Å². The third-order valence-corrected chi connectivity index (χ3v) is 3.45. The minimum Gasteiger partial charge on any atom is -0.388 e. The molecule has 0 radical (unpaired) electrons. The highest BCUT2D eigenvalue weighted by molar-refractivity contribution is 5.93. The van der Waals surface area contributed by atoms with Crippen LogP contribution in [0.25, 0.3) is 0 Å². The largest absolute Gasteiger partial charge is 0.388 e. The number of aromatic nitrogens is 1. The van der Waals surface area contributed by atoms with Crippen LogP contribution in [0.2, 0.25) is 0 Å². The Labute approximate surface area is 108 Å². The molecule has 1 atom stereocenters. The van der Waals surface area contributed by atoms with E-state index in [1.165, 1.54) is 0 Å². The van der Waals surface area contributed by atoms with Gasteiger partial charge in [-0.15, -0.1) is 0 Å². The van der Waals surface area contributed by atoms with Gasteiger partial charge in [0.05, 0.1) is 0 Å². The van der Waals surface area contributed by atoms with Gasteiger partial charge in [-0.1, -0.05) is 0 Å². The van der Waals surface area contributed by atoms with Crippen LogP contribution in [0.4, 0.5) is 5.69 Å². The summed E-state index contributed by atoms with van der Waals surface area (Å²) in [6.45, 7) is 1.60. The zero-order chi connectivity index (χ0) is 13.1. The van der Waals surface area contributed by atoms with Gasteiger partial charge in [-0.05, 0) is 32.6 Å². The molecule has 0 saturated carbocycles. The van der Waals surface area contributed by atoms with Gasteiger partial charge in [-0.2, -0.15) is 0 Å². The lowest BCUT2D eigenvalue weighted by atomic mass is 10.2. The quantitative estimate of drug-likeness (QED) is 0.863. The number of hydrogen-bond acceptors (Lipinski definition) is 4. The summed E-state index contributed by atoms with van der Waals surface area (Å²) in [4.78, 5) is 20.5. The van der Waals surface area contributed by atoms with Crippen molar-refractivity contribution in [3.8, 4) is 0 Å². The molecule has 0 aliphatic carbocycles. The molecule has 1 fully saturated rings. The molecule has 5 heteroatoms. The first-order valence-electron chi connectivity index (χ1n) is 6.21. The molecule has 18 heavy (non-hydrogen) atoms. The summed E-state index contributed by atoms with van der Waals surface area (Å²) in [6, 6.07) is 4.11. The zero-order valence-corrected chi connectivity index (χ0v) is 11.2. The Balaban J connectivity index is 2.08. The topological polar surface area (TPSA) is 48.5 Å². The van der Waals surface area contributed by atoms with Gasteiger partial charge in [0, 0.05) is 38.1 Å². The van der Waals surface area contributed by atoms with E-state index in [2.05, 4.69) is 29.3 Å². The van der Waals surface area contributed by atoms with E-state index >= 15 is 0 Å².